The van der Waals surface area contributed by atoms with E-state index in [1.54, 1.807) is 25.1 Å². The van der Waals surface area contributed by atoms with Gasteiger partial charge in [-0.15, -0.1) is 22.0 Å². The number of ether oxygens (including phenoxy) is 1. The molecule has 0 bridgehead atoms. The van der Waals surface area contributed by atoms with Gasteiger partial charge < -0.3 is 19.3 Å². The highest BCUT2D eigenvalue weighted by Crippen LogP contribution is 2.42. The summed E-state index contributed by atoms with van der Waals surface area (Å²) in [5, 5.41) is 8.38. The zero-order valence-corrected chi connectivity index (χ0v) is 23.0. The van der Waals surface area contributed by atoms with Crippen molar-refractivity contribution >= 4 is 25.8 Å². The predicted octanol–water partition coefficient (Wildman–Crippen LogP) is 6.71. The summed E-state index contributed by atoms with van der Waals surface area (Å²) in [6.45, 7) is 13.8. The molecule has 184 valence electrons. The summed E-state index contributed by atoms with van der Waals surface area (Å²) in [5.74, 6) is 2.42. The number of hydrogen-bond donors (Lipinski definition) is 1. The van der Waals surface area contributed by atoms with Crippen LogP contribution in [-0.2, 0) is 16.8 Å². The fraction of sp³-hybridized carbons (Fsp3) is 0.480. The summed E-state index contributed by atoms with van der Waals surface area (Å²) in [7, 11) is -0.356. The smallest absolute Gasteiger partial charge is 0.268 e. The van der Waals surface area contributed by atoms with E-state index < -0.39 is 8.32 Å². The third kappa shape index (κ3) is 5.82. The monoisotopic (exact) mass is 500 g/mol. The molecule has 0 amide bonds. The van der Waals surface area contributed by atoms with Gasteiger partial charge >= 0.3 is 0 Å². The molecule has 7 nitrogen and oxygen atoms in total. The van der Waals surface area contributed by atoms with E-state index >= 15 is 0 Å². The lowest BCUT2D eigenvalue weighted by Crippen LogP contribution is -2.47. The van der Waals surface area contributed by atoms with E-state index in [2.05, 4.69) is 68.9 Å². The standard InChI is InChI=1S/C25H36N4O3SSi/c1-16(2)34(17(3)4,18(5)6)31-14-23-28-29-25(32-23)24-22(26)12-21(13-27-24)33-15-19-8-10-20(30-7)11-9-19/h8-13,16-18H,14-15,26H2,1-7H3. The molecule has 0 saturated heterocycles. The highest BCUT2D eigenvalue weighted by Gasteiger charge is 2.45. The molecule has 2 N–H and O–H groups in total. The van der Waals surface area contributed by atoms with Gasteiger partial charge in [-0.3, -0.25) is 0 Å². The van der Waals surface area contributed by atoms with E-state index in [1.165, 1.54) is 5.56 Å². The third-order valence-corrected chi connectivity index (χ3v) is 13.4. The van der Waals surface area contributed by atoms with Crippen LogP contribution in [0.3, 0.4) is 0 Å². The number of nitrogens with zero attached hydrogens (tertiary/aromatic N) is 3. The molecule has 0 aliphatic rings. The minimum Gasteiger partial charge on any atom is -0.497 e. The number of anilines is 1. The summed E-state index contributed by atoms with van der Waals surface area (Å²) in [4.78, 5) is 5.47. The molecule has 0 fully saturated rings. The Balaban J connectivity index is 1.67. The molecule has 0 atom stereocenters. The molecule has 9 heteroatoms. The highest BCUT2D eigenvalue weighted by atomic mass is 32.2. The van der Waals surface area contributed by atoms with Crippen molar-refractivity contribution in [1.29, 1.82) is 0 Å². The lowest BCUT2D eigenvalue weighted by Gasteiger charge is -2.41. The molecule has 3 aromatic rings. The van der Waals surface area contributed by atoms with E-state index in [0.717, 1.165) is 16.4 Å². The SMILES string of the molecule is COc1ccc(CSc2cnc(-c3nnc(CO[Si](C(C)C)(C(C)C)C(C)C)o3)c(N)c2)cc1. The summed E-state index contributed by atoms with van der Waals surface area (Å²) in [6, 6.07) is 9.91. The quantitative estimate of drug-likeness (QED) is 0.229. The topological polar surface area (TPSA) is 96.3 Å². The molecule has 2 aromatic heterocycles. The van der Waals surface area contributed by atoms with Crippen molar-refractivity contribution in [3.8, 4) is 17.3 Å². The van der Waals surface area contributed by atoms with Crippen LogP contribution in [0.5, 0.6) is 5.75 Å². The molecule has 1 aromatic carbocycles. The number of benzene rings is 1. The zero-order chi connectivity index (χ0) is 24.9. The maximum Gasteiger partial charge on any atom is 0.268 e. The summed E-state index contributed by atoms with van der Waals surface area (Å²) < 4.78 is 17.7. The largest absolute Gasteiger partial charge is 0.497 e. The molecule has 0 aliphatic heterocycles. The first-order valence-corrected chi connectivity index (χ1v) is 14.8. The summed E-state index contributed by atoms with van der Waals surface area (Å²) >= 11 is 1.66. The molecule has 0 saturated carbocycles. The highest BCUT2D eigenvalue weighted by molar-refractivity contribution is 7.98. The number of nitrogen functional groups attached to an aromatic ring is 1. The van der Waals surface area contributed by atoms with Gasteiger partial charge in [-0.05, 0) is 40.4 Å². The van der Waals surface area contributed by atoms with Gasteiger partial charge in [0.2, 0.25) is 14.2 Å². The number of thioether (sulfide) groups is 1. The van der Waals surface area contributed by atoms with Crippen molar-refractivity contribution in [3.63, 3.8) is 0 Å². The van der Waals surface area contributed by atoms with E-state index in [4.69, 9.17) is 19.3 Å². The van der Waals surface area contributed by atoms with E-state index in [0.29, 0.717) is 46.4 Å². The molecule has 2 heterocycles. The van der Waals surface area contributed by atoms with Crippen LogP contribution in [-0.4, -0.2) is 30.6 Å². The number of hydrogen-bond acceptors (Lipinski definition) is 8. The van der Waals surface area contributed by atoms with Crippen LogP contribution < -0.4 is 10.5 Å². The first-order valence-electron chi connectivity index (χ1n) is 11.6. The number of rotatable bonds is 11. The second-order valence-corrected chi connectivity index (χ2v) is 15.9. The minimum absolute atomic E-state index is 0.309. The molecule has 3 rings (SSSR count). The molecule has 0 radical (unpaired) electrons. The van der Waals surface area contributed by atoms with Crippen molar-refractivity contribution in [2.45, 2.75) is 75.4 Å². The number of nitrogens with two attached hydrogens (primary N) is 1. The second kappa shape index (κ2) is 11.4. The first-order chi connectivity index (χ1) is 16.2. The summed E-state index contributed by atoms with van der Waals surface area (Å²) in [5.41, 5.74) is 9.92. The van der Waals surface area contributed by atoms with Crippen molar-refractivity contribution in [2.24, 2.45) is 0 Å². The maximum atomic E-state index is 6.57. The van der Waals surface area contributed by atoms with Crippen LogP contribution in [0, 0.1) is 0 Å². The van der Waals surface area contributed by atoms with Gasteiger partial charge in [0, 0.05) is 16.8 Å². The van der Waals surface area contributed by atoms with Gasteiger partial charge in [0.05, 0.1) is 12.8 Å². The van der Waals surface area contributed by atoms with E-state index in [-0.39, 0.29) is 0 Å². The first kappa shape index (κ1) is 26.2. The second-order valence-electron chi connectivity index (χ2n) is 9.35. The molecule has 0 aliphatic carbocycles. The lowest BCUT2D eigenvalue weighted by atomic mass is 10.2. The van der Waals surface area contributed by atoms with Crippen molar-refractivity contribution in [1.82, 2.24) is 15.2 Å². The number of aromatic nitrogens is 3. The zero-order valence-electron chi connectivity index (χ0n) is 21.2. The van der Waals surface area contributed by atoms with Crippen LogP contribution in [0.25, 0.3) is 11.6 Å². The number of pyridine rings is 1. The van der Waals surface area contributed by atoms with Gasteiger partial charge in [-0.1, -0.05) is 53.7 Å². The summed E-state index contributed by atoms with van der Waals surface area (Å²) in [6.07, 6.45) is 1.79. The third-order valence-electron chi connectivity index (χ3n) is 6.28. The van der Waals surface area contributed by atoms with Gasteiger partial charge in [-0.25, -0.2) is 4.98 Å². The van der Waals surface area contributed by atoms with Gasteiger partial charge in [0.1, 0.15) is 12.4 Å². The maximum absolute atomic E-state index is 6.57. The predicted molar refractivity (Wildman–Crippen MR) is 140 cm³/mol. The minimum atomic E-state index is -2.02. The Hall–Kier alpha value is -2.36. The Kier molecular flexibility index (Phi) is 8.78. The fourth-order valence-corrected chi connectivity index (χ4v) is 10.9. The Morgan fingerprint density at radius 1 is 1.00 bits per heavy atom. The van der Waals surface area contributed by atoms with Crippen LogP contribution in [0.4, 0.5) is 5.69 Å². The van der Waals surface area contributed by atoms with Crippen LogP contribution >= 0.6 is 11.8 Å². The molecular formula is C25H36N4O3SSi. The Morgan fingerprint density at radius 3 is 2.21 bits per heavy atom. The molecule has 0 unspecified atom stereocenters. The molecule has 0 spiro atoms. The van der Waals surface area contributed by atoms with Gasteiger partial charge in [-0.2, -0.15) is 0 Å². The Morgan fingerprint density at radius 2 is 1.65 bits per heavy atom. The van der Waals surface area contributed by atoms with Gasteiger partial charge in [0.25, 0.3) is 5.89 Å². The van der Waals surface area contributed by atoms with Crippen molar-refractivity contribution in [2.75, 3.05) is 12.8 Å². The van der Waals surface area contributed by atoms with Crippen LogP contribution in [0.2, 0.25) is 16.6 Å². The molecule has 34 heavy (non-hydrogen) atoms. The Labute approximate surface area is 208 Å². The van der Waals surface area contributed by atoms with Crippen LogP contribution in [0.15, 0.2) is 45.8 Å². The average molecular weight is 501 g/mol. The number of methoxy groups -OCH3 is 1. The lowest BCUT2D eigenvalue weighted by molar-refractivity contribution is 0.232. The normalized spacial score (nSPS) is 12.2. The molecular weight excluding hydrogens is 464 g/mol. The average Bonchev–Trinajstić information content (AvgIpc) is 3.26. The van der Waals surface area contributed by atoms with Crippen molar-refractivity contribution in [3.05, 3.63) is 48.0 Å². The fourth-order valence-electron chi connectivity index (χ4n) is 4.70. The van der Waals surface area contributed by atoms with Gasteiger partial charge in [0.15, 0.2) is 5.69 Å². The Bertz CT molecular complexity index is 1050. The van der Waals surface area contributed by atoms with E-state index in [9.17, 15) is 0 Å². The van der Waals surface area contributed by atoms with E-state index in [1.807, 2.05) is 18.2 Å². The van der Waals surface area contributed by atoms with Crippen molar-refractivity contribution < 1.29 is 13.6 Å². The van der Waals surface area contributed by atoms with Crippen LogP contribution in [0.1, 0.15) is 53.0 Å².